The van der Waals surface area contributed by atoms with Crippen molar-refractivity contribution in [2.45, 2.75) is 69.2 Å². The summed E-state index contributed by atoms with van der Waals surface area (Å²) in [5, 5.41) is 5.80. The van der Waals surface area contributed by atoms with Gasteiger partial charge in [-0.2, -0.15) is 4.31 Å². The van der Waals surface area contributed by atoms with E-state index in [1.54, 1.807) is 12.1 Å². The fourth-order valence-electron chi connectivity index (χ4n) is 3.13. The van der Waals surface area contributed by atoms with Crippen molar-refractivity contribution in [2.75, 3.05) is 13.1 Å². The molecule has 156 valence electrons. The number of hydrogen-bond acceptors (Lipinski definition) is 5. The molecule has 9 heteroatoms. The van der Waals surface area contributed by atoms with Gasteiger partial charge in [-0.25, -0.2) is 8.42 Å². The van der Waals surface area contributed by atoms with Crippen molar-refractivity contribution in [1.82, 2.24) is 14.9 Å². The smallest absolute Gasteiger partial charge is 0.253 e. The number of sulfonamides is 1. The van der Waals surface area contributed by atoms with E-state index in [-0.39, 0.29) is 22.1 Å². The summed E-state index contributed by atoms with van der Waals surface area (Å²) in [5.74, 6) is -0.205. The van der Waals surface area contributed by atoms with Crippen LogP contribution in [0.1, 0.15) is 51.3 Å². The van der Waals surface area contributed by atoms with Crippen molar-refractivity contribution >= 4 is 33.2 Å². The van der Waals surface area contributed by atoms with Crippen molar-refractivity contribution in [3.05, 3.63) is 17.0 Å². The molecule has 0 radical (unpaired) electrons. The third-order valence-corrected chi connectivity index (χ3v) is 8.49. The molecule has 0 spiro atoms. The van der Waals surface area contributed by atoms with Crippen LogP contribution in [0.25, 0.3) is 0 Å². The van der Waals surface area contributed by atoms with Crippen LogP contribution in [0.3, 0.4) is 0 Å². The minimum Gasteiger partial charge on any atom is -0.355 e. The highest BCUT2D eigenvalue weighted by molar-refractivity contribution is 7.91. The predicted octanol–water partition coefficient (Wildman–Crippen LogP) is 1.88. The third-order valence-electron chi connectivity index (χ3n) is 4.97. The molecule has 1 aromatic rings. The van der Waals surface area contributed by atoms with Crippen LogP contribution in [0.5, 0.6) is 0 Å². The van der Waals surface area contributed by atoms with Gasteiger partial charge in [0.1, 0.15) is 10.3 Å². The Kier molecular flexibility index (Phi) is 6.17. The predicted molar refractivity (Wildman–Crippen MR) is 109 cm³/mol. The van der Waals surface area contributed by atoms with Gasteiger partial charge in [-0.3, -0.25) is 9.59 Å². The first-order valence-electron chi connectivity index (χ1n) is 9.78. The highest BCUT2D eigenvalue weighted by Crippen LogP contribution is 2.31. The van der Waals surface area contributed by atoms with Gasteiger partial charge in [-0.05, 0) is 44.2 Å². The van der Waals surface area contributed by atoms with E-state index in [4.69, 9.17) is 0 Å². The minimum absolute atomic E-state index is 0.0292. The standard InChI is InChI=1S/C19H29N3O4S2/c1-19(2,3)18(24)20-11-10-14-8-9-16(27-14)28(25,26)22-12-4-5-15(22)17(23)21-13-6-7-13/h8-9,13,15H,4-7,10-12H2,1-3H3,(H,20,24)(H,21,23)/t15-/m1/s1. The number of thiophene rings is 1. The van der Waals surface area contributed by atoms with Crippen molar-refractivity contribution < 1.29 is 18.0 Å². The largest absolute Gasteiger partial charge is 0.355 e. The number of carbonyl (C=O) groups excluding carboxylic acids is 2. The molecule has 1 aliphatic heterocycles. The molecule has 2 amide bonds. The lowest BCUT2D eigenvalue weighted by Gasteiger charge is -2.22. The first-order chi connectivity index (χ1) is 13.1. The maximum absolute atomic E-state index is 13.1. The van der Waals surface area contributed by atoms with Crippen LogP contribution in [-0.4, -0.2) is 49.7 Å². The van der Waals surface area contributed by atoms with Crippen molar-refractivity contribution in [1.29, 1.82) is 0 Å². The quantitative estimate of drug-likeness (QED) is 0.695. The summed E-state index contributed by atoms with van der Waals surface area (Å²) in [6.45, 7) is 6.39. The summed E-state index contributed by atoms with van der Waals surface area (Å²) in [6.07, 6.45) is 3.79. The Labute approximate surface area is 170 Å². The lowest BCUT2D eigenvalue weighted by Crippen LogP contribution is -2.46. The summed E-state index contributed by atoms with van der Waals surface area (Å²) >= 11 is 1.21. The molecule has 1 aliphatic carbocycles. The van der Waals surface area contributed by atoms with E-state index in [0.717, 1.165) is 17.7 Å². The van der Waals surface area contributed by atoms with E-state index in [2.05, 4.69) is 10.6 Å². The summed E-state index contributed by atoms with van der Waals surface area (Å²) < 4.78 is 27.7. The Bertz CT molecular complexity index is 838. The van der Waals surface area contributed by atoms with Crippen LogP contribution < -0.4 is 10.6 Å². The van der Waals surface area contributed by atoms with Gasteiger partial charge in [-0.1, -0.05) is 20.8 Å². The third kappa shape index (κ3) is 4.93. The van der Waals surface area contributed by atoms with Gasteiger partial charge in [0, 0.05) is 29.4 Å². The van der Waals surface area contributed by atoms with Crippen molar-refractivity contribution in [2.24, 2.45) is 5.41 Å². The Balaban J connectivity index is 1.62. The van der Waals surface area contributed by atoms with E-state index in [1.807, 2.05) is 20.8 Å². The molecule has 7 nitrogen and oxygen atoms in total. The van der Waals surface area contributed by atoms with Crippen LogP contribution in [0.4, 0.5) is 0 Å². The summed E-state index contributed by atoms with van der Waals surface area (Å²) in [5.41, 5.74) is -0.449. The zero-order valence-electron chi connectivity index (χ0n) is 16.7. The Morgan fingerprint density at radius 2 is 1.93 bits per heavy atom. The number of nitrogens with zero attached hydrogens (tertiary/aromatic N) is 1. The second-order valence-corrected chi connectivity index (χ2v) is 11.8. The summed E-state index contributed by atoms with van der Waals surface area (Å²) in [6, 6.07) is 3.00. The molecule has 0 unspecified atom stereocenters. The Morgan fingerprint density at radius 3 is 2.57 bits per heavy atom. The SMILES string of the molecule is CC(C)(C)C(=O)NCCc1ccc(S(=O)(=O)N2CCC[C@@H]2C(=O)NC2CC2)s1. The summed E-state index contributed by atoms with van der Waals surface area (Å²) in [7, 11) is -3.69. The van der Waals surface area contributed by atoms with Crippen LogP contribution >= 0.6 is 11.3 Å². The lowest BCUT2D eigenvalue weighted by molar-refractivity contribution is -0.128. The van der Waals surface area contributed by atoms with Gasteiger partial charge < -0.3 is 10.6 Å². The molecule has 1 aromatic heterocycles. The fourth-order valence-corrected chi connectivity index (χ4v) is 6.27. The van der Waals surface area contributed by atoms with Crippen molar-refractivity contribution in [3.8, 4) is 0 Å². The van der Waals surface area contributed by atoms with Crippen LogP contribution in [-0.2, 0) is 26.0 Å². The van der Waals surface area contributed by atoms with Crippen LogP contribution in [0.15, 0.2) is 16.3 Å². The molecule has 1 atom stereocenters. The first-order valence-corrected chi connectivity index (χ1v) is 12.0. The van der Waals surface area contributed by atoms with Crippen molar-refractivity contribution in [3.63, 3.8) is 0 Å². The molecular weight excluding hydrogens is 398 g/mol. The molecular formula is C19H29N3O4S2. The summed E-state index contributed by atoms with van der Waals surface area (Å²) in [4.78, 5) is 25.2. The molecule has 2 N–H and O–H groups in total. The Morgan fingerprint density at radius 1 is 1.21 bits per heavy atom. The van der Waals surface area contributed by atoms with Gasteiger partial charge in [0.15, 0.2) is 0 Å². The minimum atomic E-state index is -3.69. The van der Waals surface area contributed by atoms with Crippen LogP contribution in [0.2, 0.25) is 0 Å². The molecule has 1 saturated heterocycles. The molecule has 28 heavy (non-hydrogen) atoms. The molecule has 3 rings (SSSR count). The number of hydrogen-bond donors (Lipinski definition) is 2. The monoisotopic (exact) mass is 427 g/mol. The number of rotatable bonds is 7. The van der Waals surface area contributed by atoms with Gasteiger partial charge in [-0.15, -0.1) is 11.3 Å². The Hall–Kier alpha value is -1.45. The molecule has 0 bridgehead atoms. The lowest BCUT2D eigenvalue weighted by atomic mass is 9.96. The second-order valence-electron chi connectivity index (χ2n) is 8.53. The molecule has 1 saturated carbocycles. The zero-order chi connectivity index (χ0) is 20.5. The average molecular weight is 428 g/mol. The van der Waals surface area contributed by atoms with E-state index in [0.29, 0.717) is 32.4 Å². The van der Waals surface area contributed by atoms with E-state index in [1.165, 1.54) is 15.6 Å². The first kappa shape index (κ1) is 21.3. The highest BCUT2D eigenvalue weighted by atomic mass is 32.2. The molecule has 2 fully saturated rings. The van der Waals surface area contributed by atoms with E-state index in [9.17, 15) is 18.0 Å². The number of amides is 2. The zero-order valence-corrected chi connectivity index (χ0v) is 18.3. The van der Waals surface area contributed by atoms with Gasteiger partial charge in [0.05, 0.1) is 0 Å². The average Bonchev–Trinajstić information content (AvgIpc) is 3.11. The van der Waals surface area contributed by atoms with Gasteiger partial charge >= 0.3 is 0 Å². The number of carbonyl (C=O) groups is 2. The molecule has 0 aromatic carbocycles. The van der Waals surface area contributed by atoms with Crippen LogP contribution in [0, 0.1) is 5.41 Å². The van der Waals surface area contributed by atoms with Gasteiger partial charge in [0.25, 0.3) is 10.0 Å². The topological polar surface area (TPSA) is 95.6 Å². The number of nitrogens with one attached hydrogen (secondary N) is 2. The maximum atomic E-state index is 13.1. The highest BCUT2D eigenvalue weighted by Gasteiger charge is 2.41. The normalized spacial score (nSPS) is 20.9. The fraction of sp³-hybridized carbons (Fsp3) is 0.684. The van der Waals surface area contributed by atoms with Gasteiger partial charge in [0.2, 0.25) is 11.8 Å². The van der Waals surface area contributed by atoms with E-state index < -0.39 is 21.5 Å². The molecule has 2 aliphatic rings. The second kappa shape index (κ2) is 8.12. The maximum Gasteiger partial charge on any atom is 0.253 e. The van der Waals surface area contributed by atoms with E-state index >= 15 is 0 Å². The molecule has 2 heterocycles.